The Morgan fingerprint density at radius 2 is 2.09 bits per heavy atom. The van der Waals surface area contributed by atoms with Crippen LogP contribution in [0.5, 0.6) is 0 Å². The molecule has 6 nitrogen and oxygen atoms in total. The van der Waals surface area contributed by atoms with Gasteiger partial charge in [0.25, 0.3) is 5.56 Å². The molecule has 0 aliphatic heterocycles. The molecule has 0 radical (unpaired) electrons. The predicted molar refractivity (Wildman–Crippen MR) is 132 cm³/mol. The highest BCUT2D eigenvalue weighted by atomic mass is 32.2. The SMILES string of the molecule is C=CCn1c(SCC(=O)c2cc(C)n(CCOC)c2C)nc2sc3c(c2c1=O)CCCC3. The van der Waals surface area contributed by atoms with Crippen molar-refractivity contribution in [1.82, 2.24) is 14.1 Å². The van der Waals surface area contributed by atoms with Crippen LogP contribution in [-0.4, -0.2) is 39.4 Å². The Labute approximate surface area is 196 Å². The lowest BCUT2D eigenvalue weighted by Crippen LogP contribution is -2.23. The predicted octanol–water partition coefficient (Wildman–Crippen LogP) is 4.56. The van der Waals surface area contributed by atoms with Crippen LogP contribution in [0.1, 0.15) is 45.0 Å². The van der Waals surface area contributed by atoms with Crippen molar-refractivity contribution in [3.8, 4) is 0 Å². The Bertz CT molecular complexity index is 1240. The molecule has 0 unspecified atom stereocenters. The number of aryl methyl sites for hydroxylation is 3. The molecule has 0 saturated heterocycles. The van der Waals surface area contributed by atoms with Crippen LogP contribution in [0.2, 0.25) is 0 Å². The fourth-order valence-corrected chi connectivity index (χ4v) is 6.63. The number of thioether (sulfide) groups is 1. The summed E-state index contributed by atoms with van der Waals surface area (Å²) in [5, 5.41) is 1.35. The number of ketones is 1. The van der Waals surface area contributed by atoms with E-state index in [1.807, 2.05) is 19.9 Å². The molecule has 0 amide bonds. The summed E-state index contributed by atoms with van der Waals surface area (Å²) >= 11 is 2.97. The van der Waals surface area contributed by atoms with Gasteiger partial charge in [-0.3, -0.25) is 14.2 Å². The molecule has 0 aromatic carbocycles. The molecule has 0 atom stereocenters. The van der Waals surface area contributed by atoms with Gasteiger partial charge in [0, 0.05) is 42.0 Å². The number of carbonyl (C=O) groups excluding carboxylic acids is 1. The van der Waals surface area contributed by atoms with E-state index < -0.39 is 0 Å². The van der Waals surface area contributed by atoms with Crippen LogP contribution >= 0.6 is 23.1 Å². The molecule has 8 heteroatoms. The third-order valence-corrected chi connectivity index (χ3v) is 8.24. The van der Waals surface area contributed by atoms with Gasteiger partial charge in [0.15, 0.2) is 10.9 Å². The largest absolute Gasteiger partial charge is 0.383 e. The fourth-order valence-electron chi connectivity index (χ4n) is 4.44. The van der Waals surface area contributed by atoms with Gasteiger partial charge in [0.2, 0.25) is 0 Å². The first-order valence-electron chi connectivity index (χ1n) is 10.9. The number of methoxy groups -OCH3 is 1. The van der Waals surface area contributed by atoms with Crippen LogP contribution in [0.3, 0.4) is 0 Å². The quantitative estimate of drug-likeness (QED) is 0.198. The summed E-state index contributed by atoms with van der Waals surface area (Å²) in [4.78, 5) is 33.3. The molecule has 32 heavy (non-hydrogen) atoms. The number of thiophene rings is 1. The fraction of sp³-hybridized carbons (Fsp3) is 0.458. The number of hydrogen-bond acceptors (Lipinski definition) is 6. The van der Waals surface area contributed by atoms with E-state index in [0.717, 1.165) is 46.4 Å². The maximum absolute atomic E-state index is 13.4. The number of Topliss-reactive ketones (excluding diaryl/α,β-unsaturated/α-hetero) is 1. The van der Waals surface area contributed by atoms with Crippen molar-refractivity contribution in [3.63, 3.8) is 0 Å². The minimum Gasteiger partial charge on any atom is -0.383 e. The second-order valence-electron chi connectivity index (χ2n) is 8.13. The summed E-state index contributed by atoms with van der Waals surface area (Å²) in [7, 11) is 1.67. The van der Waals surface area contributed by atoms with Crippen molar-refractivity contribution in [2.75, 3.05) is 19.5 Å². The van der Waals surface area contributed by atoms with Crippen molar-refractivity contribution < 1.29 is 9.53 Å². The van der Waals surface area contributed by atoms with Crippen molar-refractivity contribution in [1.29, 1.82) is 0 Å². The first kappa shape index (κ1) is 23.0. The minimum atomic E-state index is -0.0120. The molecule has 3 heterocycles. The highest BCUT2D eigenvalue weighted by Crippen LogP contribution is 2.34. The van der Waals surface area contributed by atoms with Gasteiger partial charge in [0.1, 0.15) is 4.83 Å². The van der Waals surface area contributed by atoms with Gasteiger partial charge in [-0.2, -0.15) is 0 Å². The first-order valence-corrected chi connectivity index (χ1v) is 12.7. The number of allylic oxidation sites excluding steroid dienone is 1. The van der Waals surface area contributed by atoms with Crippen LogP contribution in [0, 0.1) is 13.8 Å². The van der Waals surface area contributed by atoms with E-state index in [1.54, 1.807) is 29.1 Å². The van der Waals surface area contributed by atoms with Crippen molar-refractivity contribution in [2.45, 2.75) is 57.8 Å². The summed E-state index contributed by atoms with van der Waals surface area (Å²) in [6, 6.07) is 1.94. The molecular formula is C24H29N3O3S2. The van der Waals surface area contributed by atoms with E-state index in [2.05, 4.69) is 11.1 Å². The normalized spacial score (nSPS) is 13.5. The lowest BCUT2D eigenvalue weighted by Gasteiger charge is -2.12. The Hall–Kier alpha value is -2.16. The van der Waals surface area contributed by atoms with E-state index in [0.29, 0.717) is 24.9 Å². The number of fused-ring (bicyclic) bond motifs is 3. The molecule has 0 fully saturated rings. The number of carbonyl (C=O) groups is 1. The summed E-state index contributed by atoms with van der Waals surface area (Å²) in [6.07, 6.45) is 5.97. The number of nitrogens with zero attached hydrogens (tertiary/aromatic N) is 3. The van der Waals surface area contributed by atoms with Gasteiger partial charge in [0.05, 0.1) is 17.7 Å². The summed E-state index contributed by atoms with van der Waals surface area (Å²) in [6.45, 7) is 9.48. The topological polar surface area (TPSA) is 66.1 Å². The Kier molecular flexibility index (Phi) is 7.02. The minimum absolute atomic E-state index is 0.0120. The van der Waals surface area contributed by atoms with Gasteiger partial charge >= 0.3 is 0 Å². The summed E-state index contributed by atoms with van der Waals surface area (Å²) in [5.74, 6) is 0.270. The second-order valence-corrected chi connectivity index (χ2v) is 10.2. The van der Waals surface area contributed by atoms with Crippen LogP contribution < -0.4 is 5.56 Å². The Morgan fingerprint density at radius 1 is 1.31 bits per heavy atom. The molecule has 0 N–H and O–H groups in total. The van der Waals surface area contributed by atoms with Crippen LogP contribution in [0.4, 0.5) is 0 Å². The van der Waals surface area contributed by atoms with Crippen molar-refractivity contribution >= 4 is 39.1 Å². The first-order chi connectivity index (χ1) is 15.5. The van der Waals surface area contributed by atoms with Gasteiger partial charge in [-0.1, -0.05) is 17.8 Å². The zero-order valence-corrected chi connectivity index (χ0v) is 20.5. The maximum atomic E-state index is 13.4. The lowest BCUT2D eigenvalue weighted by atomic mass is 9.97. The molecular weight excluding hydrogens is 442 g/mol. The Balaban J connectivity index is 1.63. The third-order valence-electron chi connectivity index (χ3n) is 6.08. The second kappa shape index (κ2) is 9.77. The zero-order chi connectivity index (χ0) is 22.8. The van der Waals surface area contributed by atoms with Crippen LogP contribution in [-0.2, 0) is 30.7 Å². The molecule has 0 saturated carbocycles. The van der Waals surface area contributed by atoms with Gasteiger partial charge in [-0.15, -0.1) is 17.9 Å². The third kappa shape index (κ3) is 4.23. The highest BCUT2D eigenvalue weighted by molar-refractivity contribution is 7.99. The molecule has 1 aliphatic rings. The van der Waals surface area contributed by atoms with E-state index in [9.17, 15) is 9.59 Å². The average Bonchev–Trinajstić information content (AvgIpc) is 3.29. The highest BCUT2D eigenvalue weighted by Gasteiger charge is 2.23. The van der Waals surface area contributed by atoms with Gasteiger partial charge in [-0.25, -0.2) is 4.98 Å². The van der Waals surface area contributed by atoms with E-state index in [-0.39, 0.29) is 17.1 Å². The molecule has 3 aromatic heterocycles. The van der Waals surface area contributed by atoms with E-state index in [1.165, 1.54) is 28.6 Å². The van der Waals surface area contributed by atoms with Crippen molar-refractivity contribution in [3.05, 3.63) is 56.5 Å². The zero-order valence-electron chi connectivity index (χ0n) is 18.9. The monoisotopic (exact) mass is 471 g/mol. The summed E-state index contributed by atoms with van der Waals surface area (Å²) in [5.41, 5.74) is 3.88. The van der Waals surface area contributed by atoms with E-state index >= 15 is 0 Å². The molecule has 170 valence electrons. The van der Waals surface area contributed by atoms with Crippen LogP contribution in [0.25, 0.3) is 10.2 Å². The lowest BCUT2D eigenvalue weighted by molar-refractivity contribution is 0.102. The Morgan fingerprint density at radius 3 is 2.84 bits per heavy atom. The molecule has 1 aliphatic carbocycles. The number of aromatic nitrogens is 3. The van der Waals surface area contributed by atoms with Crippen LogP contribution in [0.15, 0.2) is 28.7 Å². The van der Waals surface area contributed by atoms with Gasteiger partial charge < -0.3 is 9.30 Å². The number of hydrogen-bond donors (Lipinski definition) is 0. The average molecular weight is 472 g/mol. The molecule has 0 bridgehead atoms. The molecule has 4 rings (SSSR count). The molecule has 3 aromatic rings. The standard InChI is InChI=1S/C24H29N3O3S2/c1-5-10-27-23(29)21-17-8-6-7-9-20(17)32-22(21)25-24(27)31-14-19(28)18-13-15(2)26(16(18)3)11-12-30-4/h5,13H,1,6-12,14H2,2-4H3. The van der Waals surface area contributed by atoms with E-state index in [4.69, 9.17) is 9.72 Å². The number of ether oxygens (including phenoxy) is 1. The van der Waals surface area contributed by atoms with Gasteiger partial charge in [-0.05, 0) is 51.2 Å². The molecule has 0 spiro atoms. The maximum Gasteiger partial charge on any atom is 0.263 e. The smallest absolute Gasteiger partial charge is 0.263 e. The number of rotatable bonds is 9. The van der Waals surface area contributed by atoms with Crippen molar-refractivity contribution in [2.24, 2.45) is 0 Å². The summed E-state index contributed by atoms with van der Waals surface area (Å²) < 4.78 is 8.96.